The van der Waals surface area contributed by atoms with E-state index in [0.29, 0.717) is 54.3 Å². The molecule has 0 aromatic heterocycles. The molecule has 0 saturated heterocycles. The van der Waals surface area contributed by atoms with Crippen molar-refractivity contribution in [3.8, 4) is 0 Å². The Labute approximate surface area is 407 Å². The molecule has 8 nitrogen and oxygen atoms in total. The van der Waals surface area contributed by atoms with Crippen LogP contribution >= 0.6 is 24.5 Å². The van der Waals surface area contributed by atoms with Gasteiger partial charge < -0.3 is 9.75 Å². The van der Waals surface area contributed by atoms with Gasteiger partial charge >= 0.3 is 0 Å². The number of rotatable bonds is 18. The van der Waals surface area contributed by atoms with E-state index in [2.05, 4.69) is 151 Å². The maximum Gasteiger partial charge on any atom is 0.295 e. The van der Waals surface area contributed by atoms with Gasteiger partial charge in [0.25, 0.3) is 12.3 Å². The maximum atomic E-state index is 7.76. The highest BCUT2D eigenvalue weighted by Crippen LogP contribution is 2.85. The summed E-state index contributed by atoms with van der Waals surface area (Å²) in [4.78, 5) is 7.31. The Morgan fingerprint density at radius 2 is 0.844 bits per heavy atom. The molecule has 368 valence electrons. The van der Waals surface area contributed by atoms with Crippen molar-refractivity contribution in [3.05, 3.63) is 0 Å². The lowest BCUT2D eigenvalue weighted by atomic mass is 9.21. The lowest BCUT2D eigenvalue weighted by Crippen LogP contribution is -2.71. The van der Waals surface area contributed by atoms with Gasteiger partial charge in [0.15, 0.2) is 4.78 Å². The topological polar surface area (TPSA) is 44.2 Å². The third-order valence-electron chi connectivity index (χ3n) is 16.9. The first-order chi connectivity index (χ1) is 30.3. The summed E-state index contributed by atoms with van der Waals surface area (Å²) in [7, 11) is 0. The SMILES string of the molecule is CC(C)N(C(C)C)P(=S)(C1=NN2C(=NN(B(C3CCCCC3)C3CCCCC3)[B-]2(C2CCCCC2)C2CCCCC2)[P+](N(C(C)C)C(C)C)(N(C(C)C)C(C)C)S1)N(C(C)C)C(C)C. The van der Waals surface area contributed by atoms with Crippen LogP contribution in [0.15, 0.2) is 10.2 Å². The third-order valence-corrected chi connectivity index (χ3v) is 31.4. The fraction of sp³-hybridized carbons (Fsp3) is 0.960. The minimum absolute atomic E-state index is 0.276. The van der Waals surface area contributed by atoms with E-state index >= 15 is 0 Å². The van der Waals surface area contributed by atoms with E-state index < -0.39 is 19.5 Å². The van der Waals surface area contributed by atoms with E-state index in [1.807, 2.05) is 0 Å². The molecule has 0 atom stereocenters. The summed E-state index contributed by atoms with van der Waals surface area (Å²) < 4.78 is 11.6. The van der Waals surface area contributed by atoms with Crippen LogP contribution in [0.4, 0.5) is 0 Å². The van der Waals surface area contributed by atoms with Crippen LogP contribution in [-0.4, -0.2) is 100 Å². The number of fused-ring (bicyclic) bond motifs is 1. The molecule has 4 saturated carbocycles. The first-order valence-corrected chi connectivity index (χ1v) is 33.4. The molecule has 4 aliphatic carbocycles. The smallest absolute Gasteiger partial charge is 0.295 e. The first-order valence-electron chi connectivity index (χ1n) is 27.6. The van der Waals surface area contributed by atoms with E-state index in [9.17, 15) is 0 Å². The molecule has 0 radical (unpaired) electrons. The van der Waals surface area contributed by atoms with Crippen LogP contribution in [0.1, 0.15) is 239 Å². The van der Waals surface area contributed by atoms with Crippen LogP contribution in [0, 0.1) is 0 Å². The lowest BCUT2D eigenvalue weighted by Gasteiger charge is -2.64. The fourth-order valence-corrected chi connectivity index (χ4v) is 33.8. The highest BCUT2D eigenvalue weighted by molar-refractivity contribution is 8.76. The fourth-order valence-electron chi connectivity index (χ4n) is 15.4. The van der Waals surface area contributed by atoms with Crippen LogP contribution in [0.3, 0.4) is 0 Å². The van der Waals surface area contributed by atoms with Crippen LogP contribution in [0.25, 0.3) is 0 Å². The summed E-state index contributed by atoms with van der Waals surface area (Å²) in [5.74, 6) is 2.57. The minimum atomic E-state index is -2.72. The second-order valence-electron chi connectivity index (χ2n) is 23.9. The van der Waals surface area contributed by atoms with Gasteiger partial charge in [0.2, 0.25) is 13.3 Å². The summed E-state index contributed by atoms with van der Waals surface area (Å²) in [6.45, 7) is 37.2. The molecule has 4 fully saturated rings. The minimum Gasteiger partial charge on any atom is -0.484 e. The van der Waals surface area contributed by atoms with Gasteiger partial charge in [-0.3, -0.25) is 9.34 Å². The van der Waals surface area contributed by atoms with E-state index in [0.717, 1.165) is 0 Å². The molecule has 6 rings (SSSR count). The molecular weight excluding hydrogens is 860 g/mol. The molecule has 0 amide bonds. The number of hydrazone groups is 2. The van der Waals surface area contributed by atoms with Gasteiger partial charge in [0.1, 0.15) is 17.7 Å². The van der Waals surface area contributed by atoms with Crippen LogP contribution < -0.4 is 0 Å². The van der Waals surface area contributed by atoms with Gasteiger partial charge in [0, 0.05) is 48.3 Å². The predicted octanol–water partition coefficient (Wildman–Crippen LogP) is 16.2. The Morgan fingerprint density at radius 3 is 1.16 bits per heavy atom. The van der Waals surface area contributed by atoms with Crippen molar-refractivity contribution in [1.29, 1.82) is 0 Å². The Morgan fingerprint density at radius 1 is 0.516 bits per heavy atom. The second kappa shape index (κ2) is 22.6. The molecule has 2 aliphatic heterocycles. The van der Waals surface area contributed by atoms with E-state index in [1.165, 1.54) is 139 Å². The van der Waals surface area contributed by atoms with Crippen molar-refractivity contribution in [3.63, 3.8) is 0 Å². The molecular formula is C50H100B2N8P2S2. The van der Waals surface area contributed by atoms with Crippen LogP contribution in [0.5, 0.6) is 0 Å². The molecule has 6 aliphatic rings. The molecule has 0 aromatic rings. The molecule has 2 heterocycles. The zero-order chi connectivity index (χ0) is 46.9. The van der Waals surface area contributed by atoms with Gasteiger partial charge in [-0.05, 0) is 122 Å². The molecule has 0 N–H and O–H groups in total. The van der Waals surface area contributed by atoms with Gasteiger partial charge in [0.05, 0.1) is 0 Å². The zero-order valence-corrected chi connectivity index (χ0v) is 47.9. The van der Waals surface area contributed by atoms with Gasteiger partial charge in [-0.2, -0.15) is 10.2 Å². The van der Waals surface area contributed by atoms with Gasteiger partial charge in [-0.15, -0.1) is 21.0 Å². The van der Waals surface area contributed by atoms with Crippen molar-refractivity contribution < 1.29 is 0 Å². The molecule has 64 heavy (non-hydrogen) atoms. The van der Waals surface area contributed by atoms with Crippen molar-refractivity contribution in [1.82, 2.24) is 28.4 Å². The van der Waals surface area contributed by atoms with Crippen molar-refractivity contribution in [2.75, 3.05) is 0 Å². The standard InChI is InChI=1S/C50H100B2N8P2S2/c1-37(2)55(38(3)4)61(63,56(39(5)6)40(7)8)50-54-59-49(62(64-50,57(41(9)10)42(11)12)58(43(13)14)44(15)16)53-60(51(45-29-21-17-22-30-45)46-31-23-18-24-32-46)52(59,47-33-25-19-26-34-47)48-35-27-20-28-36-48/h37-48H,17-36H2,1-16H3. The monoisotopic (exact) mass is 961 g/mol. The highest BCUT2D eigenvalue weighted by Gasteiger charge is 2.73. The Balaban J connectivity index is 1.85. The van der Waals surface area contributed by atoms with Gasteiger partial charge in [-0.25, -0.2) is 0 Å². The maximum absolute atomic E-state index is 7.76. The number of nitrogens with zero attached hydrogens (tertiary/aromatic N) is 8. The number of hydrogen-bond donors (Lipinski definition) is 0. The molecule has 14 heteroatoms. The largest absolute Gasteiger partial charge is 0.484 e. The predicted molar refractivity (Wildman–Crippen MR) is 295 cm³/mol. The first kappa shape index (κ1) is 53.7. The van der Waals surface area contributed by atoms with Gasteiger partial charge in [-0.1, -0.05) is 140 Å². The second-order valence-corrected chi connectivity index (χ2v) is 33.3. The highest BCUT2D eigenvalue weighted by atomic mass is 32.7. The zero-order valence-electron chi connectivity index (χ0n) is 44.5. The number of hydrogen-bond acceptors (Lipinski definition) is 8. The Bertz CT molecular complexity index is 1490. The van der Waals surface area contributed by atoms with E-state index in [4.69, 9.17) is 22.0 Å². The number of amidine groups is 1. The average molecular weight is 961 g/mol. The third kappa shape index (κ3) is 9.98. The Kier molecular flexibility index (Phi) is 19.0. The summed E-state index contributed by atoms with van der Waals surface area (Å²) >= 11 is 9.94. The normalized spacial score (nSPS) is 23.9. The molecule has 0 unspecified atom stereocenters. The molecule has 0 bridgehead atoms. The van der Waals surface area contributed by atoms with Crippen LogP contribution in [0.2, 0.25) is 23.3 Å². The average Bonchev–Trinajstić information content (AvgIpc) is 3.57. The van der Waals surface area contributed by atoms with E-state index in [1.54, 1.807) is 0 Å². The Hall–Kier alpha value is 0.340. The summed E-state index contributed by atoms with van der Waals surface area (Å²) in [6.07, 6.45) is 23.1. The quantitative estimate of drug-likeness (QED) is 0.0995. The lowest BCUT2D eigenvalue weighted by molar-refractivity contribution is 0.256. The molecule has 0 aromatic carbocycles. The van der Waals surface area contributed by atoms with E-state index in [-0.39, 0.29) is 24.2 Å². The van der Waals surface area contributed by atoms with Crippen molar-refractivity contribution in [2.24, 2.45) is 10.2 Å². The molecule has 0 spiro atoms. The van der Waals surface area contributed by atoms with Crippen LogP contribution in [-0.2, 0) is 11.8 Å². The summed E-state index contributed by atoms with van der Waals surface area (Å²) in [5, 5.41) is 13.3. The van der Waals surface area contributed by atoms with Crippen molar-refractivity contribution in [2.45, 2.75) is 311 Å². The summed E-state index contributed by atoms with van der Waals surface area (Å²) in [5.41, 5.74) is 1.36. The van der Waals surface area contributed by atoms with Crippen molar-refractivity contribution >= 4 is 59.9 Å². The summed E-state index contributed by atoms with van der Waals surface area (Å²) in [6, 6.07) is 2.36.